The second-order valence-electron chi connectivity index (χ2n) is 11.9. The normalized spacial score (nSPS) is 17.2. The number of pyridine rings is 1. The van der Waals surface area contributed by atoms with Crippen molar-refractivity contribution in [2.24, 2.45) is 0 Å². The quantitative estimate of drug-likeness (QED) is 0.423. The van der Waals surface area contributed by atoms with Crippen molar-refractivity contribution >= 4 is 27.0 Å². The second kappa shape index (κ2) is 14.1. The number of fused-ring (bicyclic) bond motifs is 1. The number of halogens is 1. The number of benzene rings is 1. The monoisotopic (exact) mass is 616 g/mol. The molecule has 3 heterocycles. The molecule has 0 radical (unpaired) electrons. The highest BCUT2D eigenvalue weighted by atomic mass is 32.2. The zero-order valence-electron chi connectivity index (χ0n) is 25.9. The Hall–Kier alpha value is -3.09. The smallest absolute Gasteiger partial charge is 0.334 e. The zero-order chi connectivity index (χ0) is 31.3. The molecule has 2 fully saturated rings. The SMILES string of the molecule is CCN1CCC(n2c(=O)n(-c3ccc(F)cc3C(=O)N(C)C(C)C)c3cnccc32)CC1.CS(=O)(=O)NC1CCCCC1. The van der Waals surface area contributed by atoms with E-state index in [0.29, 0.717) is 11.2 Å². The summed E-state index contributed by atoms with van der Waals surface area (Å²) < 4.78 is 41.7. The molecule has 0 spiro atoms. The molecule has 12 heteroatoms. The first-order valence-electron chi connectivity index (χ1n) is 15.2. The minimum absolute atomic E-state index is 0.0642. The van der Waals surface area contributed by atoms with Crippen molar-refractivity contribution in [2.75, 3.05) is 32.9 Å². The molecule has 2 aliphatic rings. The fraction of sp³-hybridized carbons (Fsp3) is 0.581. The van der Waals surface area contributed by atoms with Crippen LogP contribution in [0.4, 0.5) is 4.39 Å². The van der Waals surface area contributed by atoms with Gasteiger partial charge in [0.05, 0.1) is 34.7 Å². The van der Waals surface area contributed by atoms with Crippen LogP contribution in [0.1, 0.15) is 82.1 Å². The summed E-state index contributed by atoms with van der Waals surface area (Å²) in [5.74, 6) is -0.849. The molecular weight excluding hydrogens is 571 g/mol. The number of likely N-dealkylation sites (tertiary alicyclic amines) is 1. The van der Waals surface area contributed by atoms with Crippen molar-refractivity contribution < 1.29 is 17.6 Å². The Kier molecular flexibility index (Phi) is 10.8. The molecule has 5 rings (SSSR count). The lowest BCUT2D eigenvalue weighted by Crippen LogP contribution is -2.38. The molecule has 43 heavy (non-hydrogen) atoms. The van der Waals surface area contributed by atoms with E-state index in [4.69, 9.17) is 0 Å². The molecule has 3 aromatic rings. The number of nitrogens with zero attached hydrogens (tertiary/aromatic N) is 5. The summed E-state index contributed by atoms with van der Waals surface area (Å²) in [6.45, 7) is 8.79. The van der Waals surface area contributed by atoms with Gasteiger partial charge in [0.25, 0.3) is 5.91 Å². The van der Waals surface area contributed by atoms with Gasteiger partial charge in [-0.3, -0.25) is 18.9 Å². The van der Waals surface area contributed by atoms with Crippen LogP contribution >= 0.6 is 0 Å². The summed E-state index contributed by atoms with van der Waals surface area (Å²) in [5.41, 5.74) is 1.70. The minimum atomic E-state index is -2.97. The zero-order valence-corrected chi connectivity index (χ0v) is 26.7. The fourth-order valence-corrected chi connectivity index (χ4v) is 6.81. The number of imidazole rings is 1. The van der Waals surface area contributed by atoms with Crippen LogP contribution in [-0.4, -0.2) is 83.3 Å². The van der Waals surface area contributed by atoms with Crippen LogP contribution in [-0.2, 0) is 10.0 Å². The third kappa shape index (κ3) is 7.90. The summed E-state index contributed by atoms with van der Waals surface area (Å²) in [6.07, 6.45) is 11.9. The Morgan fingerprint density at radius 1 is 1.09 bits per heavy atom. The van der Waals surface area contributed by atoms with E-state index in [9.17, 15) is 22.4 Å². The average molecular weight is 617 g/mol. The van der Waals surface area contributed by atoms with Crippen LogP contribution in [0, 0.1) is 5.82 Å². The van der Waals surface area contributed by atoms with Gasteiger partial charge in [0.15, 0.2) is 0 Å². The first kappa shape index (κ1) is 32.8. The molecular formula is C31H45FN6O4S. The molecule has 1 aliphatic carbocycles. The molecule has 1 amide bonds. The van der Waals surface area contributed by atoms with Gasteiger partial charge < -0.3 is 9.80 Å². The van der Waals surface area contributed by atoms with Gasteiger partial charge in [0.1, 0.15) is 5.82 Å². The van der Waals surface area contributed by atoms with Crippen molar-refractivity contribution in [1.29, 1.82) is 0 Å². The Labute approximate surface area is 253 Å². The van der Waals surface area contributed by atoms with Gasteiger partial charge >= 0.3 is 5.69 Å². The lowest BCUT2D eigenvalue weighted by molar-refractivity contribution is 0.0754. The van der Waals surface area contributed by atoms with Gasteiger partial charge in [-0.2, -0.15) is 0 Å². The molecule has 1 saturated carbocycles. The van der Waals surface area contributed by atoms with Crippen LogP contribution in [0.5, 0.6) is 0 Å². The Morgan fingerprint density at radius 2 is 1.77 bits per heavy atom. The van der Waals surface area contributed by atoms with E-state index in [0.717, 1.165) is 63.7 Å². The number of sulfonamides is 1. The van der Waals surface area contributed by atoms with Crippen molar-refractivity contribution in [3.05, 3.63) is 58.5 Å². The van der Waals surface area contributed by atoms with Gasteiger partial charge in [-0.05, 0) is 70.3 Å². The van der Waals surface area contributed by atoms with Gasteiger partial charge in [-0.15, -0.1) is 0 Å². The van der Waals surface area contributed by atoms with Crippen LogP contribution in [0.3, 0.4) is 0 Å². The third-order valence-electron chi connectivity index (χ3n) is 8.56. The molecule has 1 aliphatic heterocycles. The largest absolute Gasteiger partial charge is 0.339 e. The number of carbonyl (C=O) groups is 1. The van der Waals surface area contributed by atoms with E-state index in [2.05, 4.69) is 21.5 Å². The maximum atomic E-state index is 14.2. The van der Waals surface area contributed by atoms with Crippen LogP contribution < -0.4 is 10.4 Å². The van der Waals surface area contributed by atoms with E-state index in [1.54, 1.807) is 24.3 Å². The summed E-state index contributed by atoms with van der Waals surface area (Å²) >= 11 is 0. The predicted molar refractivity (Wildman–Crippen MR) is 168 cm³/mol. The minimum Gasteiger partial charge on any atom is -0.339 e. The topological polar surface area (TPSA) is 110 Å². The first-order valence-corrected chi connectivity index (χ1v) is 17.1. The van der Waals surface area contributed by atoms with Gasteiger partial charge in [-0.1, -0.05) is 26.2 Å². The summed E-state index contributed by atoms with van der Waals surface area (Å²) in [4.78, 5) is 35.1. The maximum absolute atomic E-state index is 14.2. The maximum Gasteiger partial charge on any atom is 0.334 e. The number of carbonyl (C=O) groups excluding carboxylic acids is 1. The highest BCUT2D eigenvalue weighted by Crippen LogP contribution is 2.28. The van der Waals surface area contributed by atoms with E-state index in [-0.39, 0.29) is 35.3 Å². The summed E-state index contributed by atoms with van der Waals surface area (Å²) in [7, 11) is -1.30. The third-order valence-corrected chi connectivity index (χ3v) is 9.32. The molecule has 1 saturated heterocycles. The van der Waals surface area contributed by atoms with Gasteiger partial charge in [-0.25, -0.2) is 22.3 Å². The van der Waals surface area contributed by atoms with Gasteiger partial charge in [0.2, 0.25) is 10.0 Å². The van der Waals surface area contributed by atoms with Crippen LogP contribution in [0.25, 0.3) is 16.7 Å². The van der Waals surface area contributed by atoms with Crippen molar-refractivity contribution in [1.82, 2.24) is 28.6 Å². The van der Waals surface area contributed by atoms with Crippen molar-refractivity contribution in [3.8, 4) is 5.69 Å². The fourth-order valence-electron chi connectivity index (χ4n) is 5.97. The first-order chi connectivity index (χ1) is 20.4. The summed E-state index contributed by atoms with van der Waals surface area (Å²) in [5, 5.41) is 0. The molecule has 1 aromatic carbocycles. The van der Waals surface area contributed by atoms with E-state index < -0.39 is 15.8 Å². The van der Waals surface area contributed by atoms with Crippen LogP contribution in [0.15, 0.2) is 41.5 Å². The Balaban J connectivity index is 0.000000324. The predicted octanol–water partition coefficient (Wildman–Crippen LogP) is 4.33. The molecule has 0 bridgehead atoms. The van der Waals surface area contributed by atoms with E-state index in [1.165, 1.54) is 35.4 Å². The number of rotatable bonds is 7. The highest BCUT2D eigenvalue weighted by Gasteiger charge is 2.28. The molecule has 2 aromatic heterocycles. The number of hydrogen-bond acceptors (Lipinski definition) is 6. The average Bonchev–Trinajstić information content (AvgIpc) is 3.27. The van der Waals surface area contributed by atoms with Crippen molar-refractivity contribution in [2.45, 2.75) is 83.8 Å². The number of aromatic nitrogens is 3. The van der Waals surface area contributed by atoms with Crippen LogP contribution in [0.2, 0.25) is 0 Å². The molecule has 236 valence electrons. The van der Waals surface area contributed by atoms with Gasteiger partial charge in [0, 0.05) is 44.5 Å². The summed E-state index contributed by atoms with van der Waals surface area (Å²) in [6, 6.07) is 6.05. The highest BCUT2D eigenvalue weighted by molar-refractivity contribution is 7.88. The van der Waals surface area contributed by atoms with E-state index in [1.807, 2.05) is 24.5 Å². The molecule has 0 atom stereocenters. The van der Waals surface area contributed by atoms with E-state index >= 15 is 0 Å². The number of nitrogens with one attached hydrogen (secondary N) is 1. The standard InChI is InChI=1S/C24H30FN5O2.C7H15NO2S/c1-5-28-12-9-18(10-13-28)29-21-8-11-26-15-22(21)30(24(29)32)20-7-6-17(25)14-19(20)23(31)27(4)16(2)3;1-11(9,10)8-7-5-3-2-4-6-7/h6-8,11,14-16,18H,5,9-10,12-13H2,1-4H3;7-8H,2-6H2,1H3. The number of hydrogen-bond donors (Lipinski definition) is 1. The number of amides is 1. The lowest BCUT2D eigenvalue weighted by atomic mass is 9.96. The Bertz CT molecular complexity index is 1570. The lowest BCUT2D eigenvalue weighted by Gasteiger charge is -2.31. The number of piperidine rings is 1. The second-order valence-corrected chi connectivity index (χ2v) is 13.7. The van der Waals surface area contributed by atoms with Crippen molar-refractivity contribution in [3.63, 3.8) is 0 Å². The Morgan fingerprint density at radius 3 is 2.37 bits per heavy atom. The molecule has 10 nitrogen and oxygen atoms in total. The molecule has 1 N–H and O–H groups in total. The molecule has 0 unspecified atom stereocenters.